The number of hydrogen-bond acceptors (Lipinski definition) is 4. The van der Waals surface area contributed by atoms with E-state index in [1.54, 1.807) is 30.3 Å². The largest absolute Gasteiger partial charge is 0.303 e. The first-order chi connectivity index (χ1) is 9.10. The van der Waals surface area contributed by atoms with E-state index in [-0.39, 0.29) is 10.3 Å². The minimum absolute atomic E-state index is 0.0800. The molecule has 2 bridgehead atoms. The van der Waals surface area contributed by atoms with Gasteiger partial charge in [-0.25, -0.2) is 0 Å². The zero-order valence-corrected chi connectivity index (χ0v) is 11.7. The number of fused-ring (bicyclic) bond motifs is 3. The van der Waals surface area contributed by atoms with Crippen LogP contribution in [-0.2, 0) is 14.3 Å². The fourth-order valence-electron chi connectivity index (χ4n) is 2.97. The zero-order chi connectivity index (χ0) is 13.3. The van der Waals surface area contributed by atoms with Crippen LogP contribution in [-0.4, -0.2) is 39.6 Å². The fourth-order valence-corrected chi connectivity index (χ4v) is 4.00. The normalized spacial score (nSPS) is 30.4. The van der Waals surface area contributed by atoms with Crippen LogP contribution in [0.4, 0.5) is 0 Å². The van der Waals surface area contributed by atoms with Crippen molar-refractivity contribution in [3.63, 3.8) is 0 Å². The van der Waals surface area contributed by atoms with Crippen LogP contribution in [0.25, 0.3) is 0 Å². The van der Waals surface area contributed by atoms with Crippen LogP contribution >= 0.6 is 0 Å². The number of rotatable bonds is 4. The third-order valence-electron chi connectivity index (χ3n) is 4.43. The van der Waals surface area contributed by atoms with E-state index in [2.05, 4.69) is 4.90 Å². The Bertz CT molecular complexity index is 519. The van der Waals surface area contributed by atoms with Crippen LogP contribution in [0.2, 0.25) is 0 Å². The highest BCUT2D eigenvalue weighted by Gasteiger charge is 2.40. The molecule has 1 aromatic carbocycles. The molecule has 0 aromatic heterocycles. The van der Waals surface area contributed by atoms with Crippen molar-refractivity contribution in [3.05, 3.63) is 30.3 Å². The van der Waals surface area contributed by atoms with Gasteiger partial charge in [0, 0.05) is 0 Å². The molecular weight excluding hydrogens is 262 g/mol. The summed E-state index contributed by atoms with van der Waals surface area (Å²) in [6, 6.07) is 8.39. The van der Waals surface area contributed by atoms with Crippen LogP contribution in [0, 0.1) is 5.41 Å². The molecule has 0 atom stereocenters. The monoisotopic (exact) mass is 281 g/mol. The second-order valence-corrected chi connectivity index (χ2v) is 7.24. The maximum Gasteiger partial charge on any atom is 0.296 e. The number of hydrogen-bond donors (Lipinski definition) is 0. The third kappa shape index (κ3) is 2.68. The van der Waals surface area contributed by atoms with E-state index in [0.717, 1.165) is 38.9 Å². The maximum atomic E-state index is 12.1. The second kappa shape index (κ2) is 4.89. The molecule has 3 aliphatic heterocycles. The Balaban J connectivity index is 1.69. The minimum atomic E-state index is -3.60. The van der Waals surface area contributed by atoms with Crippen molar-refractivity contribution >= 4 is 10.1 Å². The van der Waals surface area contributed by atoms with Crippen molar-refractivity contribution in [2.75, 3.05) is 26.2 Å². The Morgan fingerprint density at radius 2 is 1.63 bits per heavy atom. The van der Waals surface area contributed by atoms with Gasteiger partial charge < -0.3 is 4.90 Å². The van der Waals surface area contributed by atoms with Crippen LogP contribution in [0.3, 0.4) is 0 Å². The number of nitrogens with zero attached hydrogens (tertiary/aromatic N) is 1. The van der Waals surface area contributed by atoms with E-state index in [9.17, 15) is 8.42 Å². The average molecular weight is 281 g/mol. The topological polar surface area (TPSA) is 46.6 Å². The molecule has 5 heteroatoms. The van der Waals surface area contributed by atoms with Gasteiger partial charge in [0.05, 0.1) is 11.5 Å². The lowest BCUT2D eigenvalue weighted by atomic mass is 9.73. The Labute approximate surface area is 114 Å². The number of piperidine rings is 3. The Hall–Kier alpha value is -0.910. The third-order valence-corrected chi connectivity index (χ3v) is 5.70. The summed E-state index contributed by atoms with van der Waals surface area (Å²) in [5.74, 6) is 0. The van der Waals surface area contributed by atoms with Gasteiger partial charge in [0.1, 0.15) is 0 Å². The fraction of sp³-hybridized carbons (Fsp3) is 0.571. The molecule has 4 rings (SSSR count). The van der Waals surface area contributed by atoms with Gasteiger partial charge in [-0.1, -0.05) is 18.2 Å². The van der Waals surface area contributed by atoms with Gasteiger partial charge >= 0.3 is 0 Å². The number of benzene rings is 1. The molecule has 0 N–H and O–H groups in total. The van der Waals surface area contributed by atoms with Crippen molar-refractivity contribution < 1.29 is 12.6 Å². The lowest BCUT2D eigenvalue weighted by molar-refractivity contribution is -0.00602. The first-order valence-electron chi connectivity index (χ1n) is 6.77. The highest BCUT2D eigenvalue weighted by molar-refractivity contribution is 7.86. The molecule has 0 spiro atoms. The molecule has 3 fully saturated rings. The van der Waals surface area contributed by atoms with E-state index < -0.39 is 10.1 Å². The van der Waals surface area contributed by atoms with Gasteiger partial charge in [0.25, 0.3) is 10.1 Å². The summed E-state index contributed by atoms with van der Waals surface area (Å²) in [6.45, 7) is 3.57. The van der Waals surface area contributed by atoms with Crippen molar-refractivity contribution in [1.29, 1.82) is 0 Å². The van der Waals surface area contributed by atoms with Gasteiger partial charge in [-0.3, -0.25) is 4.18 Å². The standard InChI is InChI=1S/C14H19NO3S/c16-19(17,13-4-2-1-3-5-13)18-12-14-6-9-15(10-7-14)11-8-14/h1-5H,6-12H2. The zero-order valence-electron chi connectivity index (χ0n) is 10.9. The molecule has 4 nitrogen and oxygen atoms in total. The summed E-state index contributed by atoms with van der Waals surface area (Å²) in [5, 5.41) is 0. The molecule has 0 aliphatic carbocycles. The molecule has 0 unspecified atom stereocenters. The highest BCUT2D eigenvalue weighted by Crippen LogP contribution is 2.40. The Morgan fingerprint density at radius 1 is 1.05 bits per heavy atom. The predicted octanol–water partition coefficient (Wildman–Crippen LogP) is 1.88. The summed E-state index contributed by atoms with van der Waals surface area (Å²) in [6.07, 6.45) is 3.16. The van der Waals surface area contributed by atoms with E-state index in [0.29, 0.717) is 6.61 Å². The van der Waals surface area contributed by atoms with E-state index in [1.807, 2.05) is 0 Å². The maximum absolute atomic E-state index is 12.1. The summed E-state index contributed by atoms with van der Waals surface area (Å²) in [4.78, 5) is 2.69. The molecule has 104 valence electrons. The lowest BCUT2D eigenvalue weighted by Gasteiger charge is -2.47. The summed E-state index contributed by atoms with van der Waals surface area (Å²) >= 11 is 0. The smallest absolute Gasteiger partial charge is 0.296 e. The molecular formula is C14H19NO3S. The van der Waals surface area contributed by atoms with Crippen molar-refractivity contribution in [1.82, 2.24) is 4.90 Å². The molecule has 0 radical (unpaired) electrons. The van der Waals surface area contributed by atoms with Crippen LogP contribution in [0.5, 0.6) is 0 Å². The summed E-state index contributed by atoms with van der Waals surface area (Å²) < 4.78 is 29.6. The van der Waals surface area contributed by atoms with Crippen molar-refractivity contribution in [2.24, 2.45) is 5.41 Å². The van der Waals surface area contributed by atoms with E-state index in [4.69, 9.17) is 4.18 Å². The average Bonchev–Trinajstić information content (AvgIpc) is 2.48. The molecule has 1 aromatic rings. The minimum Gasteiger partial charge on any atom is -0.303 e. The van der Waals surface area contributed by atoms with Crippen LogP contribution in [0.15, 0.2) is 35.2 Å². The Morgan fingerprint density at radius 3 is 2.21 bits per heavy atom. The predicted molar refractivity (Wildman–Crippen MR) is 72.3 cm³/mol. The van der Waals surface area contributed by atoms with Gasteiger partial charge in [-0.05, 0) is 56.4 Å². The van der Waals surface area contributed by atoms with E-state index in [1.165, 1.54) is 0 Å². The summed E-state index contributed by atoms with van der Waals surface area (Å²) in [7, 11) is -3.60. The van der Waals surface area contributed by atoms with Crippen molar-refractivity contribution in [2.45, 2.75) is 24.2 Å². The molecule has 19 heavy (non-hydrogen) atoms. The highest BCUT2D eigenvalue weighted by atomic mass is 32.2. The second-order valence-electron chi connectivity index (χ2n) is 5.62. The summed E-state index contributed by atoms with van der Waals surface area (Å²) in [5.41, 5.74) is 0.0800. The SMILES string of the molecule is O=S(=O)(OCC12CCN(CC1)CC2)c1ccccc1. The van der Waals surface area contributed by atoms with Crippen molar-refractivity contribution in [3.8, 4) is 0 Å². The lowest BCUT2D eigenvalue weighted by Crippen LogP contribution is -2.50. The molecule has 3 saturated heterocycles. The Kier molecular flexibility index (Phi) is 3.37. The first kappa shape index (κ1) is 13.1. The van der Waals surface area contributed by atoms with Gasteiger partial charge in [0.15, 0.2) is 0 Å². The molecule has 0 amide bonds. The van der Waals surface area contributed by atoms with Gasteiger partial charge in [0.2, 0.25) is 0 Å². The van der Waals surface area contributed by atoms with Gasteiger partial charge in [-0.2, -0.15) is 8.42 Å². The molecule has 0 saturated carbocycles. The van der Waals surface area contributed by atoms with Crippen LogP contribution < -0.4 is 0 Å². The van der Waals surface area contributed by atoms with Gasteiger partial charge in [-0.15, -0.1) is 0 Å². The van der Waals surface area contributed by atoms with Crippen LogP contribution in [0.1, 0.15) is 19.3 Å². The molecule has 3 aliphatic rings. The van der Waals surface area contributed by atoms with E-state index >= 15 is 0 Å². The first-order valence-corrected chi connectivity index (χ1v) is 8.17. The quantitative estimate of drug-likeness (QED) is 0.791. The molecule has 3 heterocycles.